The van der Waals surface area contributed by atoms with Gasteiger partial charge in [0, 0.05) is 10.6 Å². The van der Waals surface area contributed by atoms with Crippen molar-refractivity contribution in [1.29, 1.82) is 0 Å². The zero-order valence-electron chi connectivity index (χ0n) is 11.8. The molecule has 0 bridgehead atoms. The highest BCUT2D eigenvalue weighted by Crippen LogP contribution is 2.20. The summed E-state index contributed by atoms with van der Waals surface area (Å²) in [6.07, 6.45) is 3.22. The van der Waals surface area contributed by atoms with Crippen LogP contribution < -0.4 is 10.2 Å². The SMILES string of the molecule is Clc1ccc(COc2ccccc2CNn2cnnc2)cc1. The minimum absolute atomic E-state index is 0.501. The van der Waals surface area contributed by atoms with Crippen LogP contribution in [0.15, 0.2) is 61.2 Å². The molecular formula is C16H15ClN4O. The molecule has 0 radical (unpaired) electrons. The van der Waals surface area contributed by atoms with Crippen molar-refractivity contribution in [3.05, 3.63) is 77.3 Å². The third kappa shape index (κ3) is 3.77. The lowest BCUT2D eigenvalue weighted by Gasteiger charge is -2.13. The Morgan fingerprint density at radius 2 is 1.73 bits per heavy atom. The van der Waals surface area contributed by atoms with Gasteiger partial charge in [0.2, 0.25) is 0 Å². The number of para-hydroxylation sites is 1. The highest BCUT2D eigenvalue weighted by Gasteiger charge is 2.03. The number of hydrogen-bond donors (Lipinski definition) is 1. The molecule has 22 heavy (non-hydrogen) atoms. The normalized spacial score (nSPS) is 10.4. The van der Waals surface area contributed by atoms with E-state index in [0.717, 1.165) is 21.9 Å². The number of hydrogen-bond acceptors (Lipinski definition) is 4. The number of aromatic nitrogens is 3. The second-order valence-corrected chi connectivity index (χ2v) is 5.16. The number of rotatable bonds is 6. The van der Waals surface area contributed by atoms with Gasteiger partial charge in [-0.1, -0.05) is 41.9 Å². The van der Waals surface area contributed by atoms with E-state index in [-0.39, 0.29) is 0 Å². The maximum atomic E-state index is 5.91. The summed E-state index contributed by atoms with van der Waals surface area (Å²) in [6.45, 7) is 1.12. The van der Waals surface area contributed by atoms with Gasteiger partial charge in [0.1, 0.15) is 25.0 Å². The largest absolute Gasteiger partial charge is 0.489 e. The monoisotopic (exact) mass is 314 g/mol. The molecule has 1 heterocycles. The number of nitrogens with zero attached hydrogens (tertiary/aromatic N) is 3. The lowest BCUT2D eigenvalue weighted by Crippen LogP contribution is -2.13. The third-order valence-corrected chi connectivity index (χ3v) is 3.40. The van der Waals surface area contributed by atoms with Gasteiger partial charge >= 0.3 is 0 Å². The average Bonchev–Trinajstić information content (AvgIpc) is 3.07. The van der Waals surface area contributed by atoms with E-state index >= 15 is 0 Å². The molecule has 6 heteroatoms. The van der Waals surface area contributed by atoms with Gasteiger partial charge in [-0.05, 0) is 23.8 Å². The summed E-state index contributed by atoms with van der Waals surface area (Å²) in [7, 11) is 0. The minimum atomic E-state index is 0.501. The second kappa shape index (κ2) is 6.95. The molecule has 1 N–H and O–H groups in total. The van der Waals surface area contributed by atoms with E-state index < -0.39 is 0 Å². The van der Waals surface area contributed by atoms with Crippen molar-refractivity contribution in [1.82, 2.24) is 14.9 Å². The number of halogens is 1. The van der Waals surface area contributed by atoms with Gasteiger partial charge in [0.15, 0.2) is 0 Å². The number of ether oxygens (including phenoxy) is 1. The van der Waals surface area contributed by atoms with E-state index in [1.54, 1.807) is 17.3 Å². The molecule has 0 atom stereocenters. The maximum absolute atomic E-state index is 5.91. The summed E-state index contributed by atoms with van der Waals surface area (Å²) in [6, 6.07) is 15.6. The Balaban J connectivity index is 1.64. The van der Waals surface area contributed by atoms with Crippen molar-refractivity contribution >= 4 is 11.6 Å². The molecule has 0 saturated carbocycles. The van der Waals surface area contributed by atoms with E-state index in [1.807, 2.05) is 48.5 Å². The molecule has 0 unspecified atom stereocenters. The molecule has 1 aromatic heterocycles. The lowest BCUT2D eigenvalue weighted by molar-refractivity contribution is 0.303. The van der Waals surface area contributed by atoms with Crippen molar-refractivity contribution < 1.29 is 4.74 Å². The van der Waals surface area contributed by atoms with Crippen molar-refractivity contribution in [3.63, 3.8) is 0 Å². The van der Waals surface area contributed by atoms with Crippen LogP contribution in [0, 0.1) is 0 Å². The highest BCUT2D eigenvalue weighted by atomic mass is 35.5. The highest BCUT2D eigenvalue weighted by molar-refractivity contribution is 6.30. The molecule has 0 aliphatic carbocycles. The predicted molar refractivity (Wildman–Crippen MR) is 85.3 cm³/mol. The molecule has 0 aliphatic heterocycles. The average molecular weight is 315 g/mol. The van der Waals surface area contributed by atoms with Crippen LogP contribution in [0.4, 0.5) is 0 Å². The first-order chi connectivity index (χ1) is 10.8. The van der Waals surface area contributed by atoms with Crippen molar-refractivity contribution in [3.8, 4) is 5.75 Å². The Labute approximate surface area is 133 Å². The van der Waals surface area contributed by atoms with Crippen LogP contribution in [-0.2, 0) is 13.2 Å². The topological polar surface area (TPSA) is 52.0 Å². The van der Waals surface area contributed by atoms with Gasteiger partial charge in [0.25, 0.3) is 0 Å². The van der Waals surface area contributed by atoms with Gasteiger partial charge in [-0.15, -0.1) is 10.2 Å². The Kier molecular flexibility index (Phi) is 4.56. The molecule has 0 aliphatic rings. The molecule has 0 spiro atoms. The lowest BCUT2D eigenvalue weighted by atomic mass is 10.2. The smallest absolute Gasteiger partial charge is 0.138 e. The standard InChI is InChI=1S/C16H15ClN4O/c17-15-7-5-13(6-8-15)10-22-16-4-2-1-3-14(16)9-20-21-11-18-19-12-21/h1-8,11-12,20H,9-10H2. The van der Waals surface area contributed by atoms with Gasteiger partial charge in [0.05, 0.1) is 6.54 Å². The molecule has 112 valence electrons. The molecule has 0 amide bonds. The Bertz CT molecular complexity index is 713. The van der Waals surface area contributed by atoms with Gasteiger partial charge in [-0.3, -0.25) is 0 Å². The maximum Gasteiger partial charge on any atom is 0.138 e. The van der Waals surface area contributed by atoms with Gasteiger partial charge in [-0.2, -0.15) is 0 Å². The third-order valence-electron chi connectivity index (χ3n) is 3.15. The summed E-state index contributed by atoms with van der Waals surface area (Å²) < 4.78 is 7.61. The van der Waals surface area contributed by atoms with Crippen molar-refractivity contribution in [2.75, 3.05) is 5.43 Å². The van der Waals surface area contributed by atoms with Gasteiger partial charge < -0.3 is 10.2 Å². The molecule has 0 fully saturated rings. The van der Waals surface area contributed by atoms with E-state index in [9.17, 15) is 0 Å². The quantitative estimate of drug-likeness (QED) is 0.759. The van der Waals surface area contributed by atoms with Crippen LogP contribution in [0.1, 0.15) is 11.1 Å². The molecular weight excluding hydrogens is 300 g/mol. The Hall–Kier alpha value is -2.53. The molecule has 3 aromatic rings. The minimum Gasteiger partial charge on any atom is -0.489 e. The van der Waals surface area contributed by atoms with E-state index in [4.69, 9.17) is 16.3 Å². The summed E-state index contributed by atoms with van der Waals surface area (Å²) in [5, 5.41) is 8.22. The van der Waals surface area contributed by atoms with Crippen molar-refractivity contribution in [2.45, 2.75) is 13.2 Å². The van der Waals surface area contributed by atoms with Crippen LogP contribution >= 0.6 is 11.6 Å². The van der Waals surface area contributed by atoms with E-state index in [2.05, 4.69) is 15.6 Å². The van der Waals surface area contributed by atoms with E-state index in [0.29, 0.717) is 13.2 Å². The fraction of sp³-hybridized carbons (Fsp3) is 0.125. The van der Waals surface area contributed by atoms with Crippen LogP contribution in [0.2, 0.25) is 5.02 Å². The predicted octanol–water partition coefficient (Wildman–Crippen LogP) is 3.25. The first-order valence-corrected chi connectivity index (χ1v) is 7.23. The van der Waals surface area contributed by atoms with Crippen LogP contribution in [0.25, 0.3) is 0 Å². The molecule has 2 aromatic carbocycles. The molecule has 5 nitrogen and oxygen atoms in total. The number of benzene rings is 2. The fourth-order valence-electron chi connectivity index (χ4n) is 1.99. The van der Waals surface area contributed by atoms with Crippen LogP contribution in [0.5, 0.6) is 5.75 Å². The number of nitrogens with one attached hydrogen (secondary N) is 1. The first kappa shape index (κ1) is 14.4. The summed E-state index contributed by atoms with van der Waals surface area (Å²) in [5.74, 6) is 0.845. The fourth-order valence-corrected chi connectivity index (χ4v) is 2.12. The molecule has 0 saturated heterocycles. The summed E-state index contributed by atoms with van der Waals surface area (Å²) >= 11 is 5.88. The molecule has 3 rings (SSSR count). The summed E-state index contributed by atoms with van der Waals surface area (Å²) in [4.78, 5) is 0. The van der Waals surface area contributed by atoms with Gasteiger partial charge in [-0.25, -0.2) is 4.68 Å². The zero-order valence-corrected chi connectivity index (χ0v) is 12.6. The Morgan fingerprint density at radius 3 is 2.50 bits per heavy atom. The Morgan fingerprint density at radius 1 is 1.00 bits per heavy atom. The first-order valence-electron chi connectivity index (χ1n) is 6.85. The van der Waals surface area contributed by atoms with Crippen LogP contribution in [0.3, 0.4) is 0 Å². The second-order valence-electron chi connectivity index (χ2n) is 4.73. The van der Waals surface area contributed by atoms with E-state index in [1.165, 1.54) is 0 Å². The zero-order chi connectivity index (χ0) is 15.2. The summed E-state index contributed by atoms with van der Waals surface area (Å²) in [5.41, 5.74) is 5.32. The van der Waals surface area contributed by atoms with Crippen molar-refractivity contribution in [2.24, 2.45) is 0 Å². The van der Waals surface area contributed by atoms with Crippen LogP contribution in [-0.4, -0.2) is 14.9 Å².